The molecule has 0 aliphatic heterocycles. The Kier molecular flexibility index (Phi) is 6.81. The van der Waals surface area contributed by atoms with E-state index in [4.69, 9.17) is 18.7 Å². The van der Waals surface area contributed by atoms with Gasteiger partial charge in [-0.25, -0.2) is 13.1 Å². The number of sulfonamides is 1. The molecule has 3 rings (SSSR count). The van der Waals surface area contributed by atoms with Crippen LogP contribution in [0.3, 0.4) is 0 Å². The molecule has 0 bridgehead atoms. The zero-order valence-electron chi connectivity index (χ0n) is 18.0. The van der Waals surface area contributed by atoms with Crippen molar-refractivity contribution < 1.29 is 27.2 Å². The van der Waals surface area contributed by atoms with Crippen molar-refractivity contribution in [3.8, 4) is 28.6 Å². The van der Waals surface area contributed by atoms with Crippen molar-refractivity contribution in [3.05, 3.63) is 47.9 Å². The highest BCUT2D eigenvalue weighted by atomic mass is 32.2. The number of nitrogens with one attached hydrogen (secondary N) is 1. The van der Waals surface area contributed by atoms with E-state index in [1.165, 1.54) is 13.2 Å². The maximum atomic E-state index is 12.8. The molecule has 0 spiro atoms. The van der Waals surface area contributed by atoms with E-state index in [-0.39, 0.29) is 29.1 Å². The summed E-state index contributed by atoms with van der Waals surface area (Å²) in [6.07, 6.45) is 0. The molecule has 0 saturated heterocycles. The van der Waals surface area contributed by atoms with Crippen molar-refractivity contribution in [2.75, 3.05) is 21.3 Å². The zero-order chi connectivity index (χ0) is 22.6. The average Bonchev–Trinajstić information content (AvgIpc) is 3.25. The number of nitrogens with zero attached hydrogens (tertiary/aromatic N) is 2. The van der Waals surface area contributed by atoms with Crippen LogP contribution in [0.5, 0.6) is 17.2 Å². The maximum Gasteiger partial charge on any atom is 0.242 e. The van der Waals surface area contributed by atoms with Gasteiger partial charge in [-0.05, 0) is 41.8 Å². The summed E-state index contributed by atoms with van der Waals surface area (Å²) in [5.74, 6) is 2.27. The van der Waals surface area contributed by atoms with Gasteiger partial charge in [0.1, 0.15) is 17.2 Å². The zero-order valence-corrected chi connectivity index (χ0v) is 18.8. The molecule has 0 fully saturated rings. The minimum absolute atomic E-state index is 0.100. The summed E-state index contributed by atoms with van der Waals surface area (Å²) in [5, 5.41) is 3.93. The largest absolute Gasteiger partial charge is 0.497 e. The van der Waals surface area contributed by atoms with Gasteiger partial charge in [-0.2, -0.15) is 4.98 Å². The molecule has 166 valence electrons. The summed E-state index contributed by atoms with van der Waals surface area (Å²) in [6.45, 7) is 3.78. The van der Waals surface area contributed by atoms with E-state index < -0.39 is 10.0 Å². The number of aromatic nitrogens is 2. The quantitative estimate of drug-likeness (QED) is 0.531. The summed E-state index contributed by atoms with van der Waals surface area (Å²) >= 11 is 0. The molecule has 0 unspecified atom stereocenters. The number of ether oxygens (including phenoxy) is 3. The number of rotatable bonds is 9. The molecule has 0 radical (unpaired) electrons. The SMILES string of the molecule is COc1ccc(-c2noc(CNS(=O)(=O)c3ccc(OC)c(C(C)C)c3)n2)c(OC)c1. The van der Waals surface area contributed by atoms with Gasteiger partial charge in [-0.3, -0.25) is 0 Å². The lowest BCUT2D eigenvalue weighted by molar-refractivity contribution is 0.374. The standard InChI is InChI=1S/C21H25N3O6S/c1-13(2)17-11-15(7-9-18(17)28-4)31(25,26)22-12-20-23-21(24-30-20)16-8-6-14(27-3)10-19(16)29-5/h6-11,13,22H,12H2,1-5H3. The van der Waals surface area contributed by atoms with Crippen molar-refractivity contribution in [1.29, 1.82) is 0 Å². The molecule has 0 atom stereocenters. The summed E-state index contributed by atoms with van der Waals surface area (Å²) in [7, 11) is 0.840. The van der Waals surface area contributed by atoms with E-state index in [9.17, 15) is 8.42 Å². The second-order valence-electron chi connectivity index (χ2n) is 6.96. The molecule has 1 N–H and O–H groups in total. The molecule has 0 aliphatic carbocycles. The monoisotopic (exact) mass is 447 g/mol. The van der Waals surface area contributed by atoms with Crippen molar-refractivity contribution in [3.63, 3.8) is 0 Å². The van der Waals surface area contributed by atoms with Crippen LogP contribution in [0.1, 0.15) is 31.2 Å². The summed E-state index contributed by atoms with van der Waals surface area (Å²) < 4.78 is 49.0. The Morgan fingerprint density at radius 2 is 1.74 bits per heavy atom. The fourth-order valence-electron chi connectivity index (χ4n) is 2.99. The van der Waals surface area contributed by atoms with Crippen molar-refractivity contribution in [2.45, 2.75) is 31.2 Å². The van der Waals surface area contributed by atoms with Crippen LogP contribution in [0.15, 0.2) is 45.8 Å². The minimum atomic E-state index is -3.79. The van der Waals surface area contributed by atoms with Crippen molar-refractivity contribution in [2.24, 2.45) is 0 Å². The van der Waals surface area contributed by atoms with Gasteiger partial charge in [-0.15, -0.1) is 0 Å². The topological polar surface area (TPSA) is 113 Å². The maximum absolute atomic E-state index is 12.8. The molecule has 0 aliphatic rings. The Balaban J connectivity index is 1.78. The molecule has 9 nitrogen and oxygen atoms in total. The van der Waals surface area contributed by atoms with Gasteiger partial charge in [0, 0.05) is 6.07 Å². The fraction of sp³-hybridized carbons (Fsp3) is 0.333. The molecular weight excluding hydrogens is 422 g/mol. The predicted molar refractivity (Wildman–Crippen MR) is 114 cm³/mol. The van der Waals surface area contributed by atoms with Crippen molar-refractivity contribution >= 4 is 10.0 Å². The molecule has 1 heterocycles. The van der Waals surface area contributed by atoms with Gasteiger partial charge in [0.15, 0.2) is 0 Å². The first-order chi connectivity index (χ1) is 14.8. The summed E-state index contributed by atoms with van der Waals surface area (Å²) in [6, 6.07) is 9.92. The number of hydrogen-bond acceptors (Lipinski definition) is 8. The number of methoxy groups -OCH3 is 3. The fourth-order valence-corrected chi connectivity index (χ4v) is 4.00. The second-order valence-corrected chi connectivity index (χ2v) is 8.73. The van der Waals surface area contributed by atoms with Gasteiger partial charge in [0.05, 0.1) is 38.3 Å². The van der Waals surface area contributed by atoms with Gasteiger partial charge in [0.25, 0.3) is 0 Å². The van der Waals surface area contributed by atoms with Crippen LogP contribution in [0.2, 0.25) is 0 Å². The van der Waals surface area contributed by atoms with Crippen LogP contribution in [0, 0.1) is 0 Å². The van der Waals surface area contributed by atoms with Gasteiger partial charge in [0.2, 0.25) is 21.7 Å². The third-order valence-corrected chi connectivity index (χ3v) is 6.06. The first-order valence-corrected chi connectivity index (χ1v) is 11.0. The number of hydrogen-bond donors (Lipinski definition) is 1. The molecule has 0 amide bonds. The summed E-state index contributed by atoms with van der Waals surface area (Å²) in [5.41, 5.74) is 1.40. The Hall–Kier alpha value is -3.11. The van der Waals surface area contributed by atoms with Crippen molar-refractivity contribution in [1.82, 2.24) is 14.9 Å². The van der Waals surface area contributed by atoms with Gasteiger partial charge < -0.3 is 18.7 Å². The highest BCUT2D eigenvalue weighted by molar-refractivity contribution is 7.89. The van der Waals surface area contributed by atoms with Crippen LogP contribution < -0.4 is 18.9 Å². The van der Waals surface area contributed by atoms with E-state index in [1.54, 1.807) is 44.6 Å². The summed E-state index contributed by atoms with van der Waals surface area (Å²) in [4.78, 5) is 4.40. The second kappa shape index (κ2) is 9.36. The lowest BCUT2D eigenvalue weighted by Crippen LogP contribution is -2.23. The third-order valence-electron chi connectivity index (χ3n) is 4.66. The van der Waals surface area contributed by atoms with E-state index in [0.717, 1.165) is 5.56 Å². The van der Waals surface area contributed by atoms with Gasteiger partial charge >= 0.3 is 0 Å². The molecule has 0 saturated carbocycles. The van der Waals surface area contributed by atoms with Gasteiger partial charge in [-0.1, -0.05) is 19.0 Å². The van der Waals surface area contributed by atoms with Crippen LogP contribution in [-0.4, -0.2) is 39.9 Å². The van der Waals surface area contributed by atoms with Crippen LogP contribution in [0.25, 0.3) is 11.4 Å². The Morgan fingerprint density at radius 1 is 1.00 bits per heavy atom. The van der Waals surface area contributed by atoms with Crippen LogP contribution >= 0.6 is 0 Å². The van der Waals surface area contributed by atoms with E-state index in [2.05, 4.69) is 14.9 Å². The normalized spacial score (nSPS) is 11.5. The molecule has 31 heavy (non-hydrogen) atoms. The minimum Gasteiger partial charge on any atom is -0.497 e. The molecule has 3 aromatic rings. The highest BCUT2D eigenvalue weighted by Crippen LogP contribution is 2.32. The Morgan fingerprint density at radius 3 is 2.39 bits per heavy atom. The molecule has 10 heteroatoms. The number of benzene rings is 2. The molecule has 2 aromatic carbocycles. The molecule has 1 aromatic heterocycles. The van der Waals surface area contributed by atoms with Crippen LogP contribution in [-0.2, 0) is 16.6 Å². The first-order valence-electron chi connectivity index (χ1n) is 9.51. The Bertz CT molecular complexity index is 1160. The average molecular weight is 448 g/mol. The lowest BCUT2D eigenvalue weighted by Gasteiger charge is -2.13. The Labute approximate surface area is 181 Å². The molecular formula is C21H25N3O6S. The highest BCUT2D eigenvalue weighted by Gasteiger charge is 2.20. The van der Waals surface area contributed by atoms with E-state index in [0.29, 0.717) is 22.8 Å². The van der Waals surface area contributed by atoms with E-state index in [1.807, 2.05) is 13.8 Å². The lowest BCUT2D eigenvalue weighted by atomic mass is 10.0. The van der Waals surface area contributed by atoms with Crippen LogP contribution in [0.4, 0.5) is 0 Å². The van der Waals surface area contributed by atoms with E-state index >= 15 is 0 Å². The third kappa shape index (κ3) is 4.97. The predicted octanol–water partition coefficient (Wildman–Crippen LogP) is 3.36. The first kappa shape index (κ1) is 22.6. The smallest absolute Gasteiger partial charge is 0.242 e.